The van der Waals surface area contributed by atoms with E-state index in [2.05, 4.69) is 37.9 Å². The van der Waals surface area contributed by atoms with Gasteiger partial charge in [-0.3, -0.25) is 14.2 Å². The molecule has 2 unspecified atom stereocenters. The van der Waals surface area contributed by atoms with Gasteiger partial charge in [-0.1, -0.05) is 219 Å². The standard InChI is InChI=1S/C25H23BrN2O7S.C25H22N2O5S.C24H21BrCl2F2NO7PS.C24H23NO8S2/c1-35-21-4-2-3-5-22(21)36(33,34)28(14-17-8-6-16(13-27)7-9-17)15-18-10-11-19(20(26)12-18)23(29)24(30)25(31)32;1-32-23-4-2-3-5-24(23)33(30,31)27(18-22-12-8-20(16-26)9-13-22)17-21-10-6-19(7-11-21)14-15-25(28)29;25-20-11-16(3-8-19(20)24(28,29)38(33,34)35)13-30(14-17-4-9-21(26)22(27)12-17)39(36,37)18-6-1-15(2-7-18)5-10-23(31)32;1-33-21-5-3-4-6-22(21)35(31,32)25(16-18-9-13-20(14-10-18)34(2,29)30)15-17-7-11-19(12-8-17)23(26)24(27)28/h2-12,23-24,29-30H,14-15H2,1H3,(H,31,32);2-15H,17-18H2,1H3,(H,28,29);1-4,6-9,11-12H,5,10,13-14H2,(H,31,32)(H2,33,34,35);3-14H,15-16H2,1-2H3,(H,27,28)/b;15-14+;;. The third-order valence-corrected chi connectivity index (χ3v) is 32.6. The molecule has 12 aromatic rings. The second kappa shape index (κ2) is 50.5. The molecule has 45 heteroatoms. The van der Waals surface area contributed by atoms with Crippen LogP contribution in [0.1, 0.15) is 101 Å². The van der Waals surface area contributed by atoms with Crippen LogP contribution in [0.25, 0.3) is 6.08 Å². The number of hydrogen-bond acceptors (Lipinski definition) is 23. The maximum Gasteiger partial charge on any atom is 0.399 e. The number of carbonyl (C=O) groups is 5. The predicted octanol–water partition coefficient (Wildman–Crippen LogP) is 16.4. The third-order valence-electron chi connectivity index (χ3n) is 21.1. The molecule has 0 bridgehead atoms. The quantitative estimate of drug-likeness (QED) is 0.00765. The molecule has 750 valence electrons. The molecule has 0 aromatic heterocycles. The van der Waals surface area contributed by atoms with Gasteiger partial charge in [0, 0.05) is 91.2 Å². The zero-order valence-electron chi connectivity index (χ0n) is 75.6. The molecule has 33 nitrogen and oxygen atoms in total. The van der Waals surface area contributed by atoms with Gasteiger partial charge in [0.05, 0.1) is 64.4 Å². The number of hydrogen-bond donors (Lipinski definition) is 8. The van der Waals surface area contributed by atoms with Gasteiger partial charge in [0.15, 0.2) is 15.9 Å². The van der Waals surface area contributed by atoms with Crippen molar-refractivity contribution >= 4 is 148 Å². The van der Waals surface area contributed by atoms with Gasteiger partial charge in [-0.15, -0.1) is 0 Å². The summed E-state index contributed by atoms with van der Waals surface area (Å²) >= 11 is 18.3. The molecule has 0 radical (unpaired) electrons. The van der Waals surface area contributed by atoms with E-state index in [4.69, 9.17) is 78.1 Å². The van der Waals surface area contributed by atoms with E-state index in [1.807, 2.05) is 6.07 Å². The summed E-state index contributed by atoms with van der Waals surface area (Å²) in [6.07, 6.45) is -0.0306. The van der Waals surface area contributed by atoms with Crippen molar-refractivity contribution in [2.24, 2.45) is 0 Å². The minimum Gasteiger partial charge on any atom is -0.495 e. The number of carboxylic acids is 4. The molecule has 0 saturated carbocycles. The number of alkyl halides is 2. The Hall–Kier alpha value is -12.6. The number of Topliss-reactive ketones (excluding diaryl/α,β-unsaturated/α-hetero) is 1. The van der Waals surface area contributed by atoms with E-state index in [-0.39, 0.29) is 138 Å². The number of nitrogens with zero attached hydrogens (tertiary/aromatic N) is 6. The number of ketones is 1. The van der Waals surface area contributed by atoms with Crippen molar-refractivity contribution in [1.82, 2.24) is 17.2 Å². The minimum atomic E-state index is -5.82. The maximum atomic E-state index is 14.3. The normalized spacial score (nSPS) is 12.3. The van der Waals surface area contributed by atoms with Crippen molar-refractivity contribution in [3.63, 3.8) is 0 Å². The van der Waals surface area contributed by atoms with E-state index in [9.17, 15) is 89.6 Å². The summed E-state index contributed by atoms with van der Waals surface area (Å²) in [4.78, 5) is 73.3. The van der Waals surface area contributed by atoms with Crippen LogP contribution in [-0.2, 0) is 138 Å². The number of rotatable bonds is 40. The molecule has 12 rings (SSSR count). The number of carboxylic acid groups (broad SMARTS) is 4. The molecular formula is C98H89Br2Cl2F2N6O27PS5. The largest absolute Gasteiger partial charge is 0.495 e. The van der Waals surface area contributed by atoms with Crippen LogP contribution >= 0.6 is 62.7 Å². The topological polar surface area (TPSA) is 523 Å². The molecule has 12 aromatic carbocycles. The van der Waals surface area contributed by atoms with Crippen molar-refractivity contribution in [1.29, 1.82) is 10.5 Å². The number of para-hydroxylation sites is 3. The Labute approximate surface area is 849 Å². The summed E-state index contributed by atoms with van der Waals surface area (Å²) in [5, 5.41) is 73.9. The lowest BCUT2D eigenvalue weighted by Crippen LogP contribution is -2.31. The summed E-state index contributed by atoms with van der Waals surface area (Å²) in [6, 6.07) is 72.5. The third kappa shape index (κ3) is 31.0. The summed E-state index contributed by atoms with van der Waals surface area (Å²) in [5.41, 5.74) is 1.38. The van der Waals surface area contributed by atoms with Crippen molar-refractivity contribution in [2.45, 2.75) is 108 Å². The number of halogens is 6. The zero-order chi connectivity index (χ0) is 105. The van der Waals surface area contributed by atoms with E-state index in [0.29, 0.717) is 54.5 Å². The summed E-state index contributed by atoms with van der Waals surface area (Å²) in [6.45, 7) is -0.573. The number of methoxy groups -OCH3 is 3. The van der Waals surface area contributed by atoms with Gasteiger partial charge in [0.2, 0.25) is 40.1 Å². The Bertz CT molecular complexity index is 7430. The van der Waals surface area contributed by atoms with Crippen LogP contribution in [-0.4, -0.2) is 163 Å². The lowest BCUT2D eigenvalue weighted by Gasteiger charge is -2.24. The van der Waals surface area contributed by atoms with E-state index in [1.54, 1.807) is 140 Å². The fourth-order valence-electron chi connectivity index (χ4n) is 13.6. The fourth-order valence-corrected chi connectivity index (χ4v) is 22.7. The van der Waals surface area contributed by atoms with Crippen LogP contribution in [0, 0.1) is 22.7 Å². The number of sulfonamides is 4. The first kappa shape index (κ1) is 114. The molecule has 0 amide bonds. The highest BCUT2D eigenvalue weighted by Crippen LogP contribution is 2.60. The molecule has 143 heavy (non-hydrogen) atoms. The van der Waals surface area contributed by atoms with E-state index in [0.717, 1.165) is 46.0 Å². The maximum absolute atomic E-state index is 14.3. The number of aliphatic carboxylic acids is 4. The number of aliphatic hydroxyl groups is 2. The highest BCUT2D eigenvalue weighted by Gasteiger charge is 2.51. The Morgan fingerprint density at radius 3 is 1.15 bits per heavy atom. The summed E-state index contributed by atoms with van der Waals surface area (Å²) < 4.78 is 193. The Morgan fingerprint density at radius 2 is 0.790 bits per heavy atom. The first-order valence-corrected chi connectivity index (χ1v) is 53.3. The second-order valence-corrected chi connectivity index (χ2v) is 44.9. The number of benzene rings is 12. The van der Waals surface area contributed by atoms with Crippen LogP contribution in [0.4, 0.5) is 8.78 Å². The molecule has 0 aliphatic rings. The Morgan fingerprint density at radius 1 is 0.448 bits per heavy atom. The molecule has 2 atom stereocenters. The van der Waals surface area contributed by atoms with E-state index in [1.165, 1.54) is 156 Å². The smallest absolute Gasteiger partial charge is 0.399 e. The van der Waals surface area contributed by atoms with Gasteiger partial charge < -0.3 is 54.6 Å². The molecule has 0 spiro atoms. The lowest BCUT2D eigenvalue weighted by atomic mass is 10.0. The van der Waals surface area contributed by atoms with E-state index >= 15 is 0 Å². The van der Waals surface area contributed by atoms with E-state index < -0.39 is 111 Å². The van der Waals surface area contributed by atoms with Crippen LogP contribution in [0.2, 0.25) is 10.0 Å². The molecular weight excluding hydrogens is 2150 g/mol. The van der Waals surface area contributed by atoms with Gasteiger partial charge in [0.1, 0.15) is 38.0 Å². The van der Waals surface area contributed by atoms with Gasteiger partial charge in [-0.05, 0) is 183 Å². The van der Waals surface area contributed by atoms with Crippen LogP contribution in [0.15, 0.2) is 312 Å². The number of carbonyl (C=O) groups excluding carboxylic acids is 1. The van der Waals surface area contributed by atoms with Gasteiger partial charge >= 0.3 is 37.1 Å². The lowest BCUT2D eigenvalue weighted by molar-refractivity contribution is -0.153. The van der Waals surface area contributed by atoms with Crippen LogP contribution in [0.5, 0.6) is 17.2 Å². The molecule has 0 aliphatic heterocycles. The minimum absolute atomic E-state index is 0.00812. The second-order valence-electron chi connectivity index (χ2n) is 31.1. The number of sulfone groups is 1. The SMILES string of the molecule is COc1ccccc1S(=O)(=O)N(Cc1ccc(C#N)cc1)Cc1ccc(/C=C/C(=O)O)cc1.COc1ccccc1S(=O)(=O)N(Cc1ccc(C#N)cc1)Cc1ccc(C(O)C(O)C(=O)O)c(Br)c1.COc1ccccc1S(=O)(=O)N(Cc1ccc(C(=O)C(=O)O)cc1)Cc1ccc(S(C)(=O)=O)cc1.O=C(O)CCc1ccc(S(=O)(=O)N(Cc2ccc(Cl)c(Cl)c2)Cc2ccc(C(F)(F)P(=O)(O)O)c(Br)c2)cc1. The monoisotopic (exact) mass is 2240 g/mol. The number of ether oxygens (including phenoxy) is 3. The number of aryl methyl sites for hydroxylation is 1. The first-order chi connectivity index (χ1) is 67.4. The average Bonchev–Trinajstić information content (AvgIpc) is 0.782. The number of aliphatic hydroxyl groups excluding tert-OH is 2. The summed E-state index contributed by atoms with van der Waals surface area (Å²) in [5.74, 6) is -5.68. The highest BCUT2D eigenvalue weighted by molar-refractivity contribution is 9.10. The molecule has 0 heterocycles. The van der Waals surface area contributed by atoms with Crippen molar-refractivity contribution in [3.05, 3.63) is 382 Å². The summed E-state index contributed by atoms with van der Waals surface area (Å²) in [7, 11) is -21.3. The highest BCUT2D eigenvalue weighted by atomic mass is 79.9. The first-order valence-electron chi connectivity index (χ1n) is 41.7. The average molecular weight is 2240 g/mol. The fraction of sp³-hybridized carbons (Fsp3) is 0.173. The zero-order valence-corrected chi connectivity index (χ0v) is 85.3. The number of nitriles is 2. The van der Waals surface area contributed by atoms with Gasteiger partial charge in [-0.2, -0.15) is 36.5 Å². The predicted molar refractivity (Wildman–Crippen MR) is 530 cm³/mol. The molecule has 0 aliphatic carbocycles. The molecule has 8 N–H and O–H groups in total. The van der Waals surface area contributed by atoms with Crippen molar-refractivity contribution in [2.75, 3.05) is 27.6 Å². The van der Waals surface area contributed by atoms with Crippen molar-refractivity contribution < 1.29 is 134 Å². The Balaban J connectivity index is 0.000000213. The van der Waals surface area contributed by atoms with Crippen molar-refractivity contribution in [3.8, 4) is 29.4 Å². The van der Waals surface area contributed by atoms with Crippen LogP contribution < -0.4 is 14.2 Å². The van der Waals surface area contributed by atoms with Gasteiger partial charge in [0.25, 0.3) is 5.78 Å². The molecule has 0 fully saturated rings. The van der Waals surface area contributed by atoms with Gasteiger partial charge in [-0.25, -0.2) is 56.5 Å². The molecule has 0 saturated heterocycles. The Kier molecular flexibility index (Phi) is 40.3. The van der Waals surface area contributed by atoms with Crippen LogP contribution in [0.3, 0.4) is 0 Å².